The molecule has 0 radical (unpaired) electrons. The van der Waals surface area contributed by atoms with Crippen molar-refractivity contribution in [3.63, 3.8) is 0 Å². The average Bonchev–Trinajstić information content (AvgIpc) is 2.64. The van der Waals surface area contributed by atoms with E-state index in [9.17, 15) is 24.0 Å². The van der Waals surface area contributed by atoms with Crippen molar-refractivity contribution in [3.05, 3.63) is 0 Å². The van der Waals surface area contributed by atoms with E-state index in [1.165, 1.54) is 7.11 Å². The summed E-state index contributed by atoms with van der Waals surface area (Å²) in [4.78, 5) is 59.0. The molecule has 1 aliphatic heterocycles. The number of thioether (sulfide) groups is 1. The zero-order valence-corrected chi connectivity index (χ0v) is 17.0. The largest absolute Gasteiger partial charge is 0.469 e. The van der Waals surface area contributed by atoms with Crippen molar-refractivity contribution in [3.8, 4) is 0 Å². The number of nitrogens with one attached hydrogen (secondary N) is 2. The summed E-state index contributed by atoms with van der Waals surface area (Å²) in [5.74, 6) is -1.68. The number of ether oxygens (including phenoxy) is 3. The highest BCUT2D eigenvalue weighted by atomic mass is 32.2. The molecule has 0 aliphatic carbocycles. The molecule has 11 heteroatoms. The smallest absolute Gasteiger partial charge is 0.368 e. The van der Waals surface area contributed by atoms with Crippen LogP contribution in [0.25, 0.3) is 0 Å². The molecule has 1 saturated heterocycles. The minimum Gasteiger partial charge on any atom is -0.469 e. The first-order valence-corrected chi connectivity index (χ1v) is 9.74. The lowest BCUT2D eigenvalue weighted by molar-refractivity contribution is -0.155. The molecule has 0 bridgehead atoms. The number of hydrogen-bond acceptors (Lipinski definition) is 9. The predicted molar refractivity (Wildman–Crippen MR) is 99.4 cm³/mol. The van der Waals surface area contributed by atoms with Crippen molar-refractivity contribution in [2.24, 2.45) is 5.41 Å². The van der Waals surface area contributed by atoms with Crippen LogP contribution >= 0.6 is 11.8 Å². The number of hydrogen-bond donors (Lipinski definition) is 2. The lowest BCUT2D eigenvalue weighted by Gasteiger charge is -2.32. The lowest BCUT2D eigenvalue weighted by Crippen LogP contribution is -2.49. The number of amides is 2. The molecule has 1 atom stereocenters. The van der Waals surface area contributed by atoms with E-state index in [1.54, 1.807) is 13.8 Å². The number of rotatable bonds is 6. The summed E-state index contributed by atoms with van der Waals surface area (Å²) in [6.07, 6.45) is -1.40. The van der Waals surface area contributed by atoms with E-state index in [2.05, 4.69) is 15.4 Å². The Bertz CT molecular complexity index is 608. The van der Waals surface area contributed by atoms with Crippen LogP contribution in [0.4, 0.5) is 4.79 Å². The van der Waals surface area contributed by atoms with Gasteiger partial charge in [-0.1, -0.05) is 13.8 Å². The van der Waals surface area contributed by atoms with Crippen LogP contribution < -0.4 is 10.6 Å². The third-order valence-electron chi connectivity index (χ3n) is 3.82. The molecule has 0 unspecified atom stereocenters. The molecule has 0 aromatic heterocycles. The maximum Gasteiger partial charge on any atom is 0.368 e. The maximum atomic E-state index is 12.5. The summed E-state index contributed by atoms with van der Waals surface area (Å²) < 4.78 is 14.9. The van der Waals surface area contributed by atoms with E-state index in [0.29, 0.717) is 12.3 Å². The van der Waals surface area contributed by atoms with Crippen LogP contribution in [0, 0.1) is 5.41 Å². The fourth-order valence-electron chi connectivity index (χ4n) is 2.22. The third kappa shape index (κ3) is 8.59. The number of cyclic esters (lactones) is 1. The van der Waals surface area contributed by atoms with E-state index >= 15 is 0 Å². The van der Waals surface area contributed by atoms with Gasteiger partial charge in [0.2, 0.25) is 5.91 Å². The van der Waals surface area contributed by atoms with Crippen molar-refractivity contribution in [2.45, 2.75) is 39.2 Å². The minimum absolute atomic E-state index is 0.0842. The van der Waals surface area contributed by atoms with Crippen LogP contribution in [-0.4, -0.2) is 67.7 Å². The predicted octanol–water partition coefficient (Wildman–Crippen LogP) is 0.384. The second-order valence-electron chi connectivity index (χ2n) is 6.71. The SMILES string of the molecule is COC(=O)CCC(=O)OCC(C)(C)[C@H]1OC(=O)SCCNC(=O)CCNC1=O. The molecule has 2 amide bonds. The average molecular weight is 418 g/mol. The van der Waals surface area contributed by atoms with E-state index in [1.807, 2.05) is 0 Å². The van der Waals surface area contributed by atoms with Gasteiger partial charge in [-0.2, -0.15) is 0 Å². The second-order valence-corrected chi connectivity index (χ2v) is 7.74. The summed E-state index contributed by atoms with van der Waals surface area (Å²) in [5, 5.41) is 4.51. The lowest BCUT2D eigenvalue weighted by atomic mass is 9.86. The fraction of sp³-hybridized carbons (Fsp3) is 0.706. The van der Waals surface area contributed by atoms with Crippen LogP contribution in [0.5, 0.6) is 0 Å². The monoisotopic (exact) mass is 418 g/mol. The van der Waals surface area contributed by atoms with E-state index < -0.39 is 34.7 Å². The molecule has 1 aliphatic rings. The molecule has 0 saturated carbocycles. The Kier molecular flexibility index (Phi) is 9.77. The van der Waals surface area contributed by atoms with Crippen LogP contribution in [0.15, 0.2) is 0 Å². The van der Waals surface area contributed by atoms with Gasteiger partial charge >= 0.3 is 17.2 Å². The summed E-state index contributed by atoms with van der Waals surface area (Å²) in [5.41, 5.74) is -1.03. The van der Waals surface area contributed by atoms with Crippen molar-refractivity contribution in [1.29, 1.82) is 0 Å². The summed E-state index contributed by atoms with van der Waals surface area (Å²) >= 11 is 0.838. The fourth-order valence-corrected chi connectivity index (χ4v) is 2.76. The van der Waals surface area contributed by atoms with Gasteiger partial charge in [0.25, 0.3) is 5.91 Å². The normalized spacial score (nSPS) is 19.2. The Morgan fingerprint density at radius 1 is 1.14 bits per heavy atom. The van der Waals surface area contributed by atoms with Crippen molar-refractivity contribution < 1.29 is 38.2 Å². The van der Waals surface area contributed by atoms with Gasteiger partial charge in [0.15, 0.2) is 6.10 Å². The van der Waals surface area contributed by atoms with Gasteiger partial charge in [0.1, 0.15) is 6.61 Å². The Balaban J connectivity index is 2.73. The van der Waals surface area contributed by atoms with Gasteiger partial charge in [0.05, 0.1) is 20.0 Å². The van der Waals surface area contributed by atoms with Crippen LogP contribution in [0.2, 0.25) is 0 Å². The Hall–Kier alpha value is -2.30. The van der Waals surface area contributed by atoms with Gasteiger partial charge in [-0.15, -0.1) is 0 Å². The van der Waals surface area contributed by atoms with Gasteiger partial charge < -0.3 is 24.8 Å². The molecular weight excluding hydrogens is 392 g/mol. The molecule has 0 spiro atoms. The molecule has 2 N–H and O–H groups in total. The summed E-state index contributed by atoms with van der Waals surface area (Å²) in [6, 6.07) is 0. The van der Waals surface area contributed by atoms with Crippen molar-refractivity contribution >= 4 is 40.8 Å². The van der Waals surface area contributed by atoms with E-state index in [4.69, 9.17) is 9.47 Å². The van der Waals surface area contributed by atoms with Gasteiger partial charge in [-0.25, -0.2) is 4.79 Å². The van der Waals surface area contributed by atoms with Gasteiger partial charge in [-0.3, -0.25) is 19.2 Å². The summed E-state index contributed by atoms with van der Waals surface area (Å²) in [6.45, 7) is 3.41. The molecule has 0 aromatic carbocycles. The standard InChI is InChI=1S/C17H26N2O8S/c1-17(2,10-26-13(22)5-4-12(21)25-3)14-15(23)19-7-6-11(20)18-8-9-28-16(24)27-14/h14H,4-10H2,1-3H3,(H,18,20)(H,19,23)/t14-/m0/s1. The molecule has 1 rings (SSSR count). The van der Waals surface area contributed by atoms with E-state index in [0.717, 1.165) is 11.8 Å². The first kappa shape index (κ1) is 23.7. The molecular formula is C17H26N2O8S. The highest BCUT2D eigenvalue weighted by molar-refractivity contribution is 8.13. The quantitative estimate of drug-likeness (QED) is 0.463. The van der Waals surface area contributed by atoms with Crippen molar-refractivity contribution in [2.75, 3.05) is 32.6 Å². The number of carbonyl (C=O) groups excluding carboxylic acids is 5. The minimum atomic E-state index is -1.22. The molecule has 28 heavy (non-hydrogen) atoms. The molecule has 0 aromatic rings. The van der Waals surface area contributed by atoms with Crippen LogP contribution in [0.1, 0.15) is 33.1 Å². The van der Waals surface area contributed by atoms with Gasteiger partial charge in [-0.05, 0) is 11.8 Å². The number of esters is 2. The Morgan fingerprint density at radius 2 is 1.82 bits per heavy atom. The number of carbonyl (C=O) groups is 5. The first-order valence-electron chi connectivity index (χ1n) is 8.76. The number of methoxy groups -OCH3 is 1. The third-order valence-corrected chi connectivity index (χ3v) is 4.56. The maximum absolute atomic E-state index is 12.5. The van der Waals surface area contributed by atoms with Crippen LogP contribution in [0.3, 0.4) is 0 Å². The summed E-state index contributed by atoms with van der Waals surface area (Å²) in [7, 11) is 1.22. The zero-order chi connectivity index (χ0) is 21.2. The van der Waals surface area contributed by atoms with Gasteiger partial charge in [0, 0.05) is 30.7 Å². The molecule has 1 heterocycles. The molecule has 10 nitrogen and oxygen atoms in total. The second kappa shape index (κ2) is 11.5. The highest BCUT2D eigenvalue weighted by Gasteiger charge is 2.40. The van der Waals surface area contributed by atoms with Crippen LogP contribution in [-0.2, 0) is 33.4 Å². The first-order chi connectivity index (χ1) is 13.2. The van der Waals surface area contributed by atoms with Crippen molar-refractivity contribution in [1.82, 2.24) is 10.6 Å². The Morgan fingerprint density at radius 3 is 2.50 bits per heavy atom. The Labute approximate surface area is 167 Å². The molecule has 158 valence electrons. The topological polar surface area (TPSA) is 137 Å². The molecule has 1 fully saturated rings. The zero-order valence-electron chi connectivity index (χ0n) is 16.2. The highest BCUT2D eigenvalue weighted by Crippen LogP contribution is 2.26. The van der Waals surface area contributed by atoms with E-state index in [-0.39, 0.29) is 38.3 Å².